The molecule has 0 bridgehead atoms. The number of hydrogen-bond acceptors (Lipinski definition) is 5. The standard InChI is InChI=1S/C28H33N5O4/c34-26(33-15-14-31(27(35)36)17-23(33)16-21-8-3-1-4-9-21)24-25(22-10-5-2-6-11-22)32(20-30-24)19-28(37)12-7-13-29-18-28/h1-6,8-11,20,23,29,37H,7,12-19H2,(H,35,36)/t23-,28?/m1/s1. The lowest BCUT2D eigenvalue weighted by Crippen LogP contribution is -2.57. The molecule has 0 radical (unpaired) electrons. The van der Waals surface area contributed by atoms with Crippen LogP contribution in [0.4, 0.5) is 4.79 Å². The summed E-state index contributed by atoms with van der Waals surface area (Å²) in [7, 11) is 0. The molecule has 5 rings (SSSR count). The van der Waals surface area contributed by atoms with E-state index in [9.17, 15) is 19.8 Å². The van der Waals surface area contributed by atoms with Crippen LogP contribution < -0.4 is 5.32 Å². The number of aliphatic hydroxyl groups is 1. The van der Waals surface area contributed by atoms with E-state index in [1.165, 1.54) is 4.90 Å². The molecule has 3 N–H and O–H groups in total. The maximum absolute atomic E-state index is 14.1. The molecule has 2 fully saturated rings. The number of nitrogens with zero attached hydrogens (tertiary/aromatic N) is 4. The molecule has 1 unspecified atom stereocenters. The summed E-state index contributed by atoms with van der Waals surface area (Å²) in [5.74, 6) is -0.225. The maximum atomic E-state index is 14.1. The van der Waals surface area contributed by atoms with E-state index in [1.54, 1.807) is 11.2 Å². The fraction of sp³-hybridized carbons (Fsp3) is 0.393. The van der Waals surface area contributed by atoms with Crippen molar-refractivity contribution >= 4 is 12.0 Å². The zero-order chi connectivity index (χ0) is 25.8. The fourth-order valence-electron chi connectivity index (χ4n) is 5.45. The van der Waals surface area contributed by atoms with Crippen molar-refractivity contribution in [2.45, 2.75) is 37.5 Å². The van der Waals surface area contributed by atoms with Gasteiger partial charge < -0.3 is 29.9 Å². The van der Waals surface area contributed by atoms with Crippen molar-refractivity contribution in [3.05, 3.63) is 78.2 Å². The van der Waals surface area contributed by atoms with Gasteiger partial charge in [0, 0.05) is 31.7 Å². The SMILES string of the molecule is O=C(O)N1CCN(C(=O)c2ncn(CC3(O)CCCNC3)c2-c2ccccc2)[C@H](Cc2ccccc2)C1. The third-order valence-electron chi connectivity index (χ3n) is 7.33. The highest BCUT2D eigenvalue weighted by atomic mass is 16.4. The Hall–Kier alpha value is -3.69. The van der Waals surface area contributed by atoms with E-state index in [1.807, 2.05) is 65.2 Å². The zero-order valence-electron chi connectivity index (χ0n) is 20.8. The lowest BCUT2D eigenvalue weighted by Gasteiger charge is -2.40. The summed E-state index contributed by atoms with van der Waals surface area (Å²) < 4.78 is 1.88. The molecule has 2 aliphatic heterocycles. The molecule has 2 aliphatic rings. The number of piperidine rings is 1. The van der Waals surface area contributed by atoms with Gasteiger partial charge in [-0.2, -0.15) is 0 Å². The number of β-amino-alcohol motifs (C(OH)–C–C–N with tert-alkyl or cyclic N) is 1. The molecule has 1 aromatic heterocycles. The van der Waals surface area contributed by atoms with Crippen molar-refractivity contribution in [1.29, 1.82) is 0 Å². The summed E-state index contributed by atoms with van der Waals surface area (Å²) in [5, 5.41) is 24.1. The van der Waals surface area contributed by atoms with Crippen molar-refractivity contribution in [2.24, 2.45) is 0 Å². The molecular formula is C28H33N5O4. The molecule has 37 heavy (non-hydrogen) atoms. The van der Waals surface area contributed by atoms with Crippen molar-refractivity contribution in [3.63, 3.8) is 0 Å². The Bertz CT molecular complexity index is 1220. The van der Waals surface area contributed by atoms with Gasteiger partial charge in [0.15, 0.2) is 5.69 Å². The predicted octanol–water partition coefficient (Wildman–Crippen LogP) is 2.71. The normalized spacial score (nSPS) is 22.1. The lowest BCUT2D eigenvalue weighted by molar-refractivity contribution is 0.000986. The van der Waals surface area contributed by atoms with Crippen LogP contribution in [0.5, 0.6) is 0 Å². The number of amides is 2. The van der Waals surface area contributed by atoms with E-state index < -0.39 is 11.7 Å². The van der Waals surface area contributed by atoms with Crippen LogP contribution in [0.15, 0.2) is 67.0 Å². The van der Waals surface area contributed by atoms with Crippen molar-refractivity contribution < 1.29 is 19.8 Å². The number of carboxylic acid groups (broad SMARTS) is 1. The van der Waals surface area contributed by atoms with Gasteiger partial charge in [0.25, 0.3) is 5.91 Å². The highest BCUT2D eigenvalue weighted by Crippen LogP contribution is 2.29. The number of aromatic nitrogens is 2. The number of piperazine rings is 1. The van der Waals surface area contributed by atoms with E-state index in [2.05, 4.69) is 10.3 Å². The number of benzene rings is 2. The van der Waals surface area contributed by atoms with Gasteiger partial charge in [-0.3, -0.25) is 4.79 Å². The van der Waals surface area contributed by atoms with Crippen LogP contribution in [0.25, 0.3) is 11.3 Å². The number of hydrogen-bond donors (Lipinski definition) is 3. The molecule has 0 aliphatic carbocycles. The molecule has 2 atom stereocenters. The predicted molar refractivity (Wildman–Crippen MR) is 139 cm³/mol. The molecule has 9 nitrogen and oxygen atoms in total. The number of imidazole rings is 1. The molecule has 2 saturated heterocycles. The first-order chi connectivity index (χ1) is 17.9. The first kappa shape index (κ1) is 25.0. The third kappa shape index (κ3) is 5.52. The maximum Gasteiger partial charge on any atom is 0.407 e. The van der Waals surface area contributed by atoms with E-state index in [0.29, 0.717) is 37.3 Å². The smallest absolute Gasteiger partial charge is 0.407 e. The van der Waals surface area contributed by atoms with E-state index in [4.69, 9.17) is 0 Å². The summed E-state index contributed by atoms with van der Waals surface area (Å²) in [6, 6.07) is 19.1. The molecule has 3 aromatic rings. The lowest BCUT2D eigenvalue weighted by atomic mass is 9.94. The van der Waals surface area contributed by atoms with Crippen LogP contribution >= 0.6 is 0 Å². The zero-order valence-corrected chi connectivity index (χ0v) is 20.8. The van der Waals surface area contributed by atoms with Gasteiger partial charge in [-0.15, -0.1) is 0 Å². The Balaban J connectivity index is 1.48. The van der Waals surface area contributed by atoms with Crippen LogP contribution in [-0.2, 0) is 13.0 Å². The first-order valence-electron chi connectivity index (χ1n) is 12.8. The Morgan fingerprint density at radius 3 is 2.46 bits per heavy atom. The fourth-order valence-corrected chi connectivity index (χ4v) is 5.45. The second-order valence-corrected chi connectivity index (χ2v) is 10.0. The number of rotatable bonds is 6. The number of nitrogens with one attached hydrogen (secondary N) is 1. The quantitative estimate of drug-likeness (QED) is 0.477. The Morgan fingerprint density at radius 1 is 1.05 bits per heavy atom. The van der Waals surface area contributed by atoms with E-state index in [0.717, 1.165) is 24.1 Å². The Labute approximate surface area is 216 Å². The van der Waals surface area contributed by atoms with Crippen LogP contribution in [0.1, 0.15) is 28.9 Å². The van der Waals surface area contributed by atoms with Crippen molar-refractivity contribution in [1.82, 2.24) is 24.7 Å². The summed E-state index contributed by atoms with van der Waals surface area (Å²) in [4.78, 5) is 33.5. The molecule has 2 amide bonds. The molecule has 3 heterocycles. The van der Waals surface area contributed by atoms with Crippen LogP contribution in [0.3, 0.4) is 0 Å². The summed E-state index contributed by atoms with van der Waals surface area (Å²) >= 11 is 0. The van der Waals surface area contributed by atoms with Crippen molar-refractivity contribution in [2.75, 3.05) is 32.7 Å². The molecular weight excluding hydrogens is 470 g/mol. The van der Waals surface area contributed by atoms with Gasteiger partial charge in [-0.25, -0.2) is 9.78 Å². The van der Waals surface area contributed by atoms with Gasteiger partial charge in [-0.1, -0.05) is 60.7 Å². The van der Waals surface area contributed by atoms with Gasteiger partial charge in [0.05, 0.1) is 30.2 Å². The topological polar surface area (TPSA) is 111 Å². The molecule has 0 spiro atoms. The average Bonchev–Trinajstić information content (AvgIpc) is 3.32. The van der Waals surface area contributed by atoms with Gasteiger partial charge >= 0.3 is 6.09 Å². The second kappa shape index (κ2) is 10.7. The van der Waals surface area contributed by atoms with Gasteiger partial charge in [-0.05, 0) is 31.4 Å². The van der Waals surface area contributed by atoms with Crippen LogP contribution in [0.2, 0.25) is 0 Å². The first-order valence-corrected chi connectivity index (χ1v) is 12.8. The summed E-state index contributed by atoms with van der Waals surface area (Å²) in [6.45, 7) is 2.47. The third-order valence-corrected chi connectivity index (χ3v) is 7.33. The van der Waals surface area contributed by atoms with Crippen molar-refractivity contribution in [3.8, 4) is 11.3 Å². The molecule has 194 valence electrons. The minimum Gasteiger partial charge on any atom is -0.465 e. The van der Waals surface area contributed by atoms with E-state index >= 15 is 0 Å². The Morgan fingerprint density at radius 2 is 1.78 bits per heavy atom. The van der Waals surface area contributed by atoms with Crippen LogP contribution in [-0.4, -0.2) is 85.9 Å². The number of carbonyl (C=O) groups is 2. The molecule has 9 heteroatoms. The van der Waals surface area contributed by atoms with Gasteiger partial charge in [0.1, 0.15) is 0 Å². The second-order valence-electron chi connectivity index (χ2n) is 10.0. The average molecular weight is 504 g/mol. The van der Waals surface area contributed by atoms with Gasteiger partial charge in [0.2, 0.25) is 0 Å². The highest BCUT2D eigenvalue weighted by Gasteiger charge is 2.36. The van der Waals surface area contributed by atoms with Crippen LogP contribution in [0, 0.1) is 0 Å². The molecule has 0 saturated carbocycles. The van der Waals surface area contributed by atoms with E-state index in [-0.39, 0.29) is 31.6 Å². The Kier molecular flexibility index (Phi) is 7.25. The molecule has 2 aromatic carbocycles. The largest absolute Gasteiger partial charge is 0.465 e. The summed E-state index contributed by atoms with van der Waals surface area (Å²) in [5.41, 5.74) is 1.95. The summed E-state index contributed by atoms with van der Waals surface area (Å²) in [6.07, 6.45) is 2.76. The monoisotopic (exact) mass is 503 g/mol. The minimum atomic E-state index is -0.978. The minimum absolute atomic E-state index is 0.225. The highest BCUT2D eigenvalue weighted by molar-refractivity contribution is 5.98. The number of carbonyl (C=O) groups excluding carboxylic acids is 1.